The fourth-order valence-corrected chi connectivity index (χ4v) is 4.32. The summed E-state index contributed by atoms with van der Waals surface area (Å²) in [4.78, 5) is 31.7. The van der Waals surface area contributed by atoms with Gasteiger partial charge in [0.2, 0.25) is 0 Å². The Balaban J connectivity index is 1.58. The maximum absolute atomic E-state index is 13.2. The minimum absolute atomic E-state index is 0.168. The van der Waals surface area contributed by atoms with Gasteiger partial charge in [-0.25, -0.2) is 9.78 Å². The van der Waals surface area contributed by atoms with E-state index in [0.29, 0.717) is 12.1 Å². The van der Waals surface area contributed by atoms with Gasteiger partial charge in [-0.2, -0.15) is 0 Å². The van der Waals surface area contributed by atoms with Gasteiger partial charge >= 0.3 is 6.03 Å². The predicted octanol–water partition coefficient (Wildman–Crippen LogP) is 4.48. The Hall–Kier alpha value is -2.99. The van der Waals surface area contributed by atoms with Crippen LogP contribution in [0, 0.1) is 6.92 Å². The molecule has 1 aliphatic heterocycles. The van der Waals surface area contributed by atoms with E-state index < -0.39 is 5.54 Å². The number of benzene rings is 2. The monoisotopic (exact) mass is 391 g/mol. The van der Waals surface area contributed by atoms with Crippen LogP contribution in [0.1, 0.15) is 30.2 Å². The van der Waals surface area contributed by atoms with E-state index in [1.54, 1.807) is 0 Å². The Morgan fingerprint density at radius 3 is 2.46 bits per heavy atom. The van der Waals surface area contributed by atoms with E-state index in [9.17, 15) is 9.59 Å². The molecule has 28 heavy (non-hydrogen) atoms. The predicted molar refractivity (Wildman–Crippen MR) is 110 cm³/mol. The van der Waals surface area contributed by atoms with E-state index >= 15 is 0 Å². The Labute approximate surface area is 168 Å². The SMILES string of the molecule is CCC1(c2ccccc2)NC(=O)N(Cc2csc(-c3ccc(C)cc3)n2)C1=O. The highest BCUT2D eigenvalue weighted by molar-refractivity contribution is 7.13. The first kappa shape index (κ1) is 18.4. The number of nitrogens with one attached hydrogen (secondary N) is 1. The molecule has 5 nitrogen and oxygen atoms in total. The third-order valence-corrected chi connectivity index (χ3v) is 6.08. The van der Waals surface area contributed by atoms with E-state index in [1.807, 2.05) is 73.8 Å². The summed E-state index contributed by atoms with van der Waals surface area (Å²) in [5.41, 5.74) is 2.73. The molecule has 1 unspecified atom stereocenters. The van der Waals surface area contributed by atoms with Crippen LogP contribution in [0.25, 0.3) is 10.6 Å². The van der Waals surface area contributed by atoms with Crippen LogP contribution in [0.15, 0.2) is 60.0 Å². The van der Waals surface area contributed by atoms with Gasteiger partial charge in [0.15, 0.2) is 0 Å². The fourth-order valence-electron chi connectivity index (χ4n) is 3.50. The summed E-state index contributed by atoms with van der Waals surface area (Å²) < 4.78 is 0. The van der Waals surface area contributed by atoms with Crippen molar-refractivity contribution < 1.29 is 9.59 Å². The molecule has 0 bridgehead atoms. The van der Waals surface area contributed by atoms with Crippen molar-refractivity contribution in [2.24, 2.45) is 0 Å². The van der Waals surface area contributed by atoms with Gasteiger partial charge in [-0.3, -0.25) is 9.69 Å². The van der Waals surface area contributed by atoms with Crippen molar-refractivity contribution in [1.82, 2.24) is 15.2 Å². The Morgan fingerprint density at radius 2 is 1.79 bits per heavy atom. The molecular formula is C22H21N3O2S. The molecule has 1 saturated heterocycles. The van der Waals surface area contributed by atoms with Crippen molar-refractivity contribution in [3.8, 4) is 10.6 Å². The highest BCUT2D eigenvalue weighted by Gasteiger charge is 2.51. The average molecular weight is 391 g/mol. The lowest BCUT2D eigenvalue weighted by Gasteiger charge is -2.25. The van der Waals surface area contributed by atoms with Gasteiger partial charge < -0.3 is 5.32 Å². The Morgan fingerprint density at radius 1 is 1.07 bits per heavy atom. The first-order valence-corrected chi connectivity index (χ1v) is 10.1. The van der Waals surface area contributed by atoms with Crippen LogP contribution in [0.3, 0.4) is 0 Å². The highest BCUT2D eigenvalue weighted by atomic mass is 32.1. The van der Waals surface area contributed by atoms with Crippen LogP contribution in [0.4, 0.5) is 4.79 Å². The highest BCUT2D eigenvalue weighted by Crippen LogP contribution is 2.33. The molecule has 0 spiro atoms. The topological polar surface area (TPSA) is 62.3 Å². The number of urea groups is 1. The lowest BCUT2D eigenvalue weighted by Crippen LogP contribution is -2.43. The summed E-state index contributed by atoms with van der Waals surface area (Å²) in [5, 5.41) is 5.70. The van der Waals surface area contributed by atoms with Crippen molar-refractivity contribution in [1.29, 1.82) is 0 Å². The molecule has 1 aromatic heterocycles. The van der Waals surface area contributed by atoms with E-state index in [1.165, 1.54) is 21.8 Å². The van der Waals surface area contributed by atoms with Crippen molar-refractivity contribution in [3.05, 3.63) is 76.8 Å². The molecule has 1 atom stereocenters. The van der Waals surface area contributed by atoms with Crippen LogP contribution in [-0.2, 0) is 16.9 Å². The van der Waals surface area contributed by atoms with Crippen LogP contribution in [-0.4, -0.2) is 21.8 Å². The molecule has 6 heteroatoms. The van der Waals surface area contributed by atoms with Crippen LogP contribution < -0.4 is 5.32 Å². The van der Waals surface area contributed by atoms with Gasteiger partial charge in [-0.05, 0) is 18.9 Å². The van der Waals surface area contributed by atoms with Crippen molar-refractivity contribution in [2.45, 2.75) is 32.4 Å². The van der Waals surface area contributed by atoms with Gasteiger partial charge in [0.05, 0.1) is 12.2 Å². The van der Waals surface area contributed by atoms with Gasteiger partial charge in [0.25, 0.3) is 5.91 Å². The standard InChI is InChI=1S/C22H21N3O2S/c1-3-22(17-7-5-4-6-8-17)20(26)25(21(27)24-22)13-18-14-28-19(23-18)16-11-9-15(2)10-12-16/h4-12,14H,3,13H2,1-2H3,(H,24,27). The summed E-state index contributed by atoms with van der Waals surface area (Å²) in [6.45, 7) is 4.12. The molecular weight excluding hydrogens is 370 g/mol. The number of carbonyl (C=O) groups excluding carboxylic acids is 2. The van der Waals surface area contributed by atoms with Crippen molar-refractivity contribution in [2.75, 3.05) is 0 Å². The lowest BCUT2D eigenvalue weighted by atomic mass is 9.87. The molecule has 1 N–H and O–H groups in total. The largest absolute Gasteiger partial charge is 0.325 e. The normalized spacial score (nSPS) is 19.1. The molecule has 1 fully saturated rings. The van der Waals surface area contributed by atoms with Crippen LogP contribution in [0.2, 0.25) is 0 Å². The van der Waals surface area contributed by atoms with Gasteiger partial charge in [0, 0.05) is 10.9 Å². The van der Waals surface area contributed by atoms with E-state index in [2.05, 4.69) is 10.3 Å². The molecule has 0 aliphatic carbocycles. The van der Waals surface area contributed by atoms with Gasteiger partial charge in [-0.1, -0.05) is 67.1 Å². The Kier molecular flexibility index (Phi) is 4.73. The molecule has 0 radical (unpaired) electrons. The zero-order chi connectivity index (χ0) is 19.7. The maximum Gasteiger partial charge on any atom is 0.325 e. The van der Waals surface area contributed by atoms with E-state index in [4.69, 9.17) is 0 Å². The third-order valence-electron chi connectivity index (χ3n) is 5.14. The maximum atomic E-state index is 13.2. The summed E-state index contributed by atoms with van der Waals surface area (Å²) in [6, 6.07) is 17.2. The number of thiazole rings is 1. The van der Waals surface area contributed by atoms with Crippen molar-refractivity contribution in [3.63, 3.8) is 0 Å². The smallest absolute Gasteiger partial charge is 0.319 e. The molecule has 3 aromatic rings. The first-order valence-electron chi connectivity index (χ1n) is 9.24. The number of rotatable bonds is 5. The molecule has 2 heterocycles. The molecule has 1 aliphatic rings. The Bertz CT molecular complexity index is 1010. The number of hydrogen-bond acceptors (Lipinski definition) is 4. The number of hydrogen-bond donors (Lipinski definition) is 1. The molecule has 0 saturated carbocycles. The summed E-state index contributed by atoms with van der Waals surface area (Å²) in [6.07, 6.45) is 0.490. The molecule has 4 rings (SSSR count). The van der Waals surface area contributed by atoms with Gasteiger partial charge in [-0.15, -0.1) is 11.3 Å². The summed E-state index contributed by atoms with van der Waals surface area (Å²) in [7, 11) is 0. The zero-order valence-corrected chi connectivity index (χ0v) is 16.6. The first-order chi connectivity index (χ1) is 13.5. The summed E-state index contributed by atoms with van der Waals surface area (Å²) >= 11 is 1.52. The minimum Gasteiger partial charge on any atom is -0.319 e. The second-order valence-electron chi connectivity index (χ2n) is 6.96. The van der Waals surface area contributed by atoms with Gasteiger partial charge in [0.1, 0.15) is 10.5 Å². The molecule has 2 aromatic carbocycles. The quantitative estimate of drug-likeness (QED) is 0.653. The fraction of sp³-hybridized carbons (Fsp3) is 0.227. The number of imide groups is 1. The van der Waals surface area contributed by atoms with Crippen molar-refractivity contribution >= 4 is 23.3 Å². The van der Waals surface area contributed by atoms with E-state index in [-0.39, 0.29) is 18.5 Å². The zero-order valence-electron chi connectivity index (χ0n) is 15.8. The molecule has 3 amide bonds. The number of aryl methyl sites for hydroxylation is 1. The van der Waals surface area contributed by atoms with E-state index in [0.717, 1.165) is 16.1 Å². The minimum atomic E-state index is -1.01. The second kappa shape index (κ2) is 7.20. The number of carbonyl (C=O) groups is 2. The van der Waals surface area contributed by atoms with Crippen LogP contribution in [0.5, 0.6) is 0 Å². The lowest BCUT2D eigenvalue weighted by molar-refractivity contribution is -0.132. The van der Waals surface area contributed by atoms with Crippen LogP contribution >= 0.6 is 11.3 Å². The second-order valence-corrected chi connectivity index (χ2v) is 7.81. The number of amides is 3. The summed E-state index contributed by atoms with van der Waals surface area (Å²) in [5.74, 6) is -0.226. The third kappa shape index (κ3) is 3.10. The number of aromatic nitrogens is 1. The molecule has 142 valence electrons. The average Bonchev–Trinajstić information content (AvgIpc) is 3.28. The number of nitrogens with zero attached hydrogens (tertiary/aromatic N) is 2.